The van der Waals surface area contributed by atoms with Crippen molar-refractivity contribution in [3.05, 3.63) is 53.1 Å². The van der Waals surface area contributed by atoms with Gasteiger partial charge in [0.25, 0.3) is 5.19 Å². The van der Waals surface area contributed by atoms with E-state index in [0.29, 0.717) is 42.4 Å². The van der Waals surface area contributed by atoms with Crippen molar-refractivity contribution in [3.8, 4) is 5.19 Å². The molecule has 3 heterocycles. The van der Waals surface area contributed by atoms with Crippen molar-refractivity contribution in [1.82, 2.24) is 9.88 Å². The van der Waals surface area contributed by atoms with Gasteiger partial charge in [0.1, 0.15) is 17.4 Å². The molecule has 2 fully saturated rings. The average Bonchev–Trinajstić information content (AvgIpc) is 3.39. The Bertz CT molecular complexity index is 1270. The van der Waals surface area contributed by atoms with E-state index in [4.69, 9.17) is 4.74 Å². The molecule has 1 atom stereocenters. The molecule has 2 amide bonds. The first-order valence-electron chi connectivity index (χ1n) is 11.4. The number of likely N-dealkylation sites (tertiary alicyclic amines) is 1. The van der Waals surface area contributed by atoms with Crippen LogP contribution in [0, 0.1) is 31.4 Å². The van der Waals surface area contributed by atoms with E-state index >= 15 is 0 Å². The summed E-state index contributed by atoms with van der Waals surface area (Å²) in [6, 6.07) is 7.97. The molecule has 9 heteroatoms. The maximum atomic E-state index is 13.9. The Morgan fingerprint density at radius 3 is 2.62 bits per heavy atom. The Balaban J connectivity index is 1.18. The minimum Gasteiger partial charge on any atom is -0.467 e. The van der Waals surface area contributed by atoms with Gasteiger partial charge in [0.2, 0.25) is 11.8 Å². The van der Waals surface area contributed by atoms with Gasteiger partial charge < -0.3 is 14.5 Å². The van der Waals surface area contributed by atoms with Crippen molar-refractivity contribution in [3.63, 3.8) is 0 Å². The second kappa shape index (κ2) is 8.94. The second-order valence-corrected chi connectivity index (χ2v) is 10.0. The normalized spacial score (nSPS) is 19.3. The number of nitrogens with zero attached hydrogens (tertiary/aromatic N) is 3. The lowest BCUT2D eigenvalue weighted by Crippen LogP contribution is -2.44. The lowest BCUT2D eigenvalue weighted by Gasteiger charge is -2.33. The number of aryl methyl sites for hydroxylation is 2. The first-order chi connectivity index (χ1) is 16.3. The maximum absolute atomic E-state index is 13.9. The van der Waals surface area contributed by atoms with Gasteiger partial charge in [0.05, 0.1) is 10.6 Å². The maximum Gasteiger partial charge on any atom is 0.274 e. The van der Waals surface area contributed by atoms with Crippen LogP contribution in [-0.4, -0.2) is 47.4 Å². The standard InChI is InChI=1S/C25H25F2N3O3S/c1-14-3-4-18(9-15(14)2)30-13-16(10-22(30)31)24(32)29-7-5-19(6-8-29)33-25-28-23-20(27)11-17(26)12-21(23)34-25/h3-4,9,11-12,16,19H,5-8,10,13H2,1-2H3. The highest BCUT2D eigenvalue weighted by molar-refractivity contribution is 7.20. The number of amides is 2. The average molecular weight is 486 g/mol. The van der Waals surface area contributed by atoms with Crippen molar-refractivity contribution in [1.29, 1.82) is 0 Å². The van der Waals surface area contributed by atoms with Gasteiger partial charge in [-0.05, 0) is 43.2 Å². The lowest BCUT2D eigenvalue weighted by atomic mass is 10.0. The van der Waals surface area contributed by atoms with Gasteiger partial charge in [0.15, 0.2) is 5.82 Å². The first kappa shape index (κ1) is 22.7. The van der Waals surface area contributed by atoms with Crippen molar-refractivity contribution < 1.29 is 23.1 Å². The highest BCUT2D eigenvalue weighted by atomic mass is 32.1. The molecule has 2 saturated heterocycles. The number of thiazole rings is 1. The summed E-state index contributed by atoms with van der Waals surface area (Å²) >= 11 is 1.11. The Kier molecular flexibility index (Phi) is 5.97. The zero-order chi connectivity index (χ0) is 24.0. The fourth-order valence-electron chi connectivity index (χ4n) is 4.60. The number of benzene rings is 2. The van der Waals surface area contributed by atoms with Crippen LogP contribution in [0.25, 0.3) is 10.2 Å². The Hall–Kier alpha value is -3.07. The van der Waals surface area contributed by atoms with Gasteiger partial charge >= 0.3 is 0 Å². The molecule has 2 aliphatic rings. The SMILES string of the molecule is Cc1ccc(N2CC(C(=O)N3CCC(Oc4nc5c(F)cc(F)cc5s4)CC3)CC2=O)cc1C. The molecular weight excluding hydrogens is 460 g/mol. The van der Waals surface area contributed by atoms with Gasteiger partial charge in [-0.25, -0.2) is 8.78 Å². The molecule has 34 heavy (non-hydrogen) atoms. The van der Waals surface area contributed by atoms with E-state index in [-0.39, 0.29) is 35.8 Å². The minimum absolute atomic E-state index is 0.00401. The van der Waals surface area contributed by atoms with Gasteiger partial charge in [-0.15, -0.1) is 0 Å². The molecule has 0 saturated carbocycles. The number of carbonyl (C=O) groups is 2. The van der Waals surface area contributed by atoms with E-state index in [1.807, 2.05) is 32.0 Å². The van der Waals surface area contributed by atoms with Crippen LogP contribution in [0.5, 0.6) is 5.19 Å². The van der Waals surface area contributed by atoms with Crippen LogP contribution >= 0.6 is 11.3 Å². The summed E-state index contributed by atoms with van der Waals surface area (Å²) in [4.78, 5) is 33.4. The molecule has 1 aromatic heterocycles. The third-order valence-corrected chi connectivity index (χ3v) is 7.58. The summed E-state index contributed by atoms with van der Waals surface area (Å²) < 4.78 is 33.7. The lowest BCUT2D eigenvalue weighted by molar-refractivity contribution is -0.137. The molecule has 0 bridgehead atoms. The summed E-state index contributed by atoms with van der Waals surface area (Å²) in [6.07, 6.45) is 1.28. The molecule has 2 aliphatic heterocycles. The highest BCUT2D eigenvalue weighted by Gasteiger charge is 2.38. The third-order valence-electron chi connectivity index (χ3n) is 6.69. The number of rotatable bonds is 4. The molecule has 1 unspecified atom stereocenters. The summed E-state index contributed by atoms with van der Waals surface area (Å²) in [7, 11) is 0. The van der Waals surface area contributed by atoms with Crippen molar-refractivity contribution in [2.45, 2.75) is 39.2 Å². The molecular formula is C25H25F2N3O3S. The summed E-state index contributed by atoms with van der Waals surface area (Å²) in [5, 5.41) is 0.301. The van der Waals surface area contributed by atoms with Crippen LogP contribution in [0.15, 0.2) is 30.3 Å². The Labute approximate surface area is 200 Å². The zero-order valence-electron chi connectivity index (χ0n) is 19.0. The van der Waals surface area contributed by atoms with Crippen LogP contribution in [0.3, 0.4) is 0 Å². The first-order valence-corrected chi connectivity index (χ1v) is 12.2. The van der Waals surface area contributed by atoms with E-state index in [1.54, 1.807) is 9.80 Å². The number of ether oxygens (including phenoxy) is 1. The Morgan fingerprint density at radius 2 is 1.88 bits per heavy atom. The predicted molar refractivity (Wildman–Crippen MR) is 126 cm³/mol. The number of aromatic nitrogens is 1. The molecule has 3 aromatic rings. The van der Waals surface area contributed by atoms with Crippen molar-refractivity contribution >= 4 is 39.1 Å². The fraction of sp³-hybridized carbons (Fsp3) is 0.400. The van der Waals surface area contributed by atoms with Crippen LogP contribution in [0.1, 0.15) is 30.4 Å². The largest absolute Gasteiger partial charge is 0.467 e. The predicted octanol–water partition coefficient (Wildman–Crippen LogP) is 4.61. The smallest absolute Gasteiger partial charge is 0.274 e. The monoisotopic (exact) mass is 485 g/mol. The zero-order valence-corrected chi connectivity index (χ0v) is 19.8. The number of hydrogen-bond donors (Lipinski definition) is 0. The number of carbonyl (C=O) groups excluding carboxylic acids is 2. The molecule has 6 nitrogen and oxygen atoms in total. The highest BCUT2D eigenvalue weighted by Crippen LogP contribution is 2.33. The van der Waals surface area contributed by atoms with Crippen LogP contribution in [0.4, 0.5) is 14.5 Å². The van der Waals surface area contributed by atoms with Gasteiger partial charge in [0, 0.05) is 50.7 Å². The molecule has 0 aliphatic carbocycles. The third kappa shape index (κ3) is 4.36. The number of halogens is 2. The van der Waals surface area contributed by atoms with Gasteiger partial charge in [-0.1, -0.05) is 17.4 Å². The van der Waals surface area contributed by atoms with Crippen LogP contribution < -0.4 is 9.64 Å². The number of anilines is 1. The fourth-order valence-corrected chi connectivity index (χ4v) is 5.52. The van der Waals surface area contributed by atoms with E-state index < -0.39 is 11.6 Å². The van der Waals surface area contributed by atoms with Gasteiger partial charge in [-0.3, -0.25) is 9.59 Å². The second-order valence-electron chi connectivity index (χ2n) is 9.03. The van der Waals surface area contributed by atoms with Crippen LogP contribution in [-0.2, 0) is 9.59 Å². The molecule has 0 N–H and O–H groups in total. The summed E-state index contributed by atoms with van der Waals surface area (Å²) in [5.41, 5.74) is 3.22. The molecule has 0 spiro atoms. The van der Waals surface area contributed by atoms with Gasteiger partial charge in [-0.2, -0.15) is 4.98 Å². The minimum atomic E-state index is -0.706. The van der Waals surface area contributed by atoms with E-state index in [1.165, 1.54) is 6.07 Å². The van der Waals surface area contributed by atoms with E-state index in [0.717, 1.165) is 34.2 Å². The topological polar surface area (TPSA) is 62.7 Å². The van der Waals surface area contributed by atoms with Crippen molar-refractivity contribution in [2.75, 3.05) is 24.5 Å². The quantitative estimate of drug-likeness (QED) is 0.541. The number of hydrogen-bond acceptors (Lipinski definition) is 5. The summed E-state index contributed by atoms with van der Waals surface area (Å²) in [5.74, 6) is -1.74. The molecule has 2 aromatic carbocycles. The number of piperidine rings is 1. The van der Waals surface area contributed by atoms with E-state index in [2.05, 4.69) is 4.98 Å². The molecule has 0 radical (unpaired) electrons. The molecule has 178 valence electrons. The van der Waals surface area contributed by atoms with Crippen LogP contribution in [0.2, 0.25) is 0 Å². The molecule has 5 rings (SSSR count). The van der Waals surface area contributed by atoms with Crippen molar-refractivity contribution in [2.24, 2.45) is 5.92 Å². The Morgan fingerprint density at radius 1 is 1.12 bits per heavy atom. The number of fused-ring (bicyclic) bond motifs is 1. The van der Waals surface area contributed by atoms with E-state index in [9.17, 15) is 18.4 Å². The summed E-state index contributed by atoms with van der Waals surface area (Å²) in [6.45, 7) is 5.47.